The van der Waals surface area contributed by atoms with Crippen molar-refractivity contribution < 1.29 is 13.9 Å². The second kappa shape index (κ2) is 9.87. The number of nitrogens with zero attached hydrogens (tertiary/aromatic N) is 1. The van der Waals surface area contributed by atoms with Crippen LogP contribution in [-0.4, -0.2) is 17.6 Å². The van der Waals surface area contributed by atoms with Gasteiger partial charge in [0.25, 0.3) is 0 Å². The van der Waals surface area contributed by atoms with E-state index >= 15 is 0 Å². The number of halogens is 1. The molecule has 5 nitrogen and oxygen atoms in total. The molecule has 1 heterocycles. The summed E-state index contributed by atoms with van der Waals surface area (Å²) in [6.07, 6.45) is 1.73. The fourth-order valence-electron chi connectivity index (χ4n) is 2.90. The molecule has 0 aliphatic rings. The number of pyridine rings is 1. The Hall–Kier alpha value is -3.41. The van der Waals surface area contributed by atoms with Crippen LogP contribution in [0.1, 0.15) is 30.7 Å². The number of nitrogens with one attached hydrogen (secondary N) is 2. The average Bonchev–Trinajstić information content (AvgIpc) is 2.76. The zero-order valence-corrected chi connectivity index (χ0v) is 17.2. The molecule has 2 N–H and O–H groups in total. The second-order valence-electron chi connectivity index (χ2n) is 7.68. The molecule has 0 fully saturated rings. The average molecular weight is 407 g/mol. The van der Waals surface area contributed by atoms with E-state index in [1.807, 2.05) is 62.4 Å². The Balaban J connectivity index is 1.43. The van der Waals surface area contributed by atoms with Gasteiger partial charge >= 0.3 is 6.03 Å². The zero-order chi connectivity index (χ0) is 21.4. The smallest absolute Gasteiger partial charge is 0.315 e. The molecule has 0 saturated carbocycles. The number of carbonyl (C=O) groups excluding carboxylic acids is 1. The van der Waals surface area contributed by atoms with Crippen molar-refractivity contribution in [1.29, 1.82) is 0 Å². The fraction of sp³-hybridized carbons (Fsp3) is 0.250. The van der Waals surface area contributed by atoms with Gasteiger partial charge in [0.15, 0.2) is 0 Å². The molecule has 0 aliphatic heterocycles. The van der Waals surface area contributed by atoms with Gasteiger partial charge in [-0.15, -0.1) is 0 Å². The van der Waals surface area contributed by atoms with Crippen molar-refractivity contribution in [2.75, 3.05) is 6.54 Å². The van der Waals surface area contributed by atoms with Crippen molar-refractivity contribution in [3.8, 4) is 5.75 Å². The molecule has 0 bridgehead atoms. The first-order chi connectivity index (χ1) is 14.4. The lowest BCUT2D eigenvalue weighted by Crippen LogP contribution is -2.42. The third-order valence-corrected chi connectivity index (χ3v) is 4.79. The third-order valence-electron chi connectivity index (χ3n) is 4.79. The Morgan fingerprint density at radius 1 is 1.03 bits per heavy atom. The summed E-state index contributed by atoms with van der Waals surface area (Å²) in [5, 5.41) is 5.69. The van der Waals surface area contributed by atoms with Crippen molar-refractivity contribution >= 4 is 6.03 Å². The van der Waals surface area contributed by atoms with Crippen LogP contribution in [0, 0.1) is 5.82 Å². The molecule has 0 aliphatic carbocycles. The summed E-state index contributed by atoms with van der Waals surface area (Å²) in [4.78, 5) is 16.4. The number of ether oxygens (including phenoxy) is 1. The van der Waals surface area contributed by atoms with Gasteiger partial charge < -0.3 is 15.4 Å². The summed E-state index contributed by atoms with van der Waals surface area (Å²) in [5.74, 6) is 0.461. The normalized spacial score (nSPS) is 11.0. The van der Waals surface area contributed by atoms with Gasteiger partial charge in [-0.05, 0) is 47.5 Å². The molecule has 0 atom stereocenters. The van der Waals surface area contributed by atoms with Gasteiger partial charge in [-0.3, -0.25) is 4.98 Å². The van der Waals surface area contributed by atoms with Gasteiger partial charge in [0.05, 0.1) is 5.69 Å². The minimum absolute atomic E-state index is 0.269. The largest absolute Gasteiger partial charge is 0.487 e. The first kappa shape index (κ1) is 21.3. The molecular formula is C24H26FN3O2. The lowest BCUT2D eigenvalue weighted by atomic mass is 9.84. The molecule has 6 heteroatoms. The molecule has 3 aromatic rings. The van der Waals surface area contributed by atoms with E-state index in [-0.39, 0.29) is 17.3 Å². The van der Waals surface area contributed by atoms with E-state index in [1.165, 1.54) is 12.1 Å². The van der Waals surface area contributed by atoms with Crippen molar-refractivity contribution in [3.63, 3.8) is 0 Å². The Labute approximate surface area is 176 Å². The first-order valence-electron chi connectivity index (χ1n) is 9.82. The second-order valence-corrected chi connectivity index (χ2v) is 7.68. The van der Waals surface area contributed by atoms with E-state index in [0.717, 1.165) is 22.6 Å². The van der Waals surface area contributed by atoms with Crippen molar-refractivity contribution in [1.82, 2.24) is 15.6 Å². The maximum atomic E-state index is 13.5. The van der Waals surface area contributed by atoms with Crippen LogP contribution in [0.15, 0.2) is 72.9 Å². The van der Waals surface area contributed by atoms with E-state index in [9.17, 15) is 9.18 Å². The molecule has 0 saturated heterocycles. The minimum atomic E-state index is -0.383. The summed E-state index contributed by atoms with van der Waals surface area (Å²) in [6.45, 7) is 5.12. The number of rotatable bonds is 8. The van der Waals surface area contributed by atoms with Gasteiger partial charge in [-0.2, -0.15) is 0 Å². The van der Waals surface area contributed by atoms with Crippen LogP contribution in [0.3, 0.4) is 0 Å². The zero-order valence-electron chi connectivity index (χ0n) is 17.2. The van der Waals surface area contributed by atoms with Crippen LogP contribution in [0.25, 0.3) is 0 Å². The molecule has 0 radical (unpaired) electrons. The van der Waals surface area contributed by atoms with Gasteiger partial charge in [-0.1, -0.05) is 44.2 Å². The third kappa shape index (κ3) is 6.30. The number of hydrogen-bond donors (Lipinski definition) is 2. The van der Waals surface area contributed by atoms with Crippen LogP contribution < -0.4 is 15.4 Å². The van der Waals surface area contributed by atoms with E-state index < -0.39 is 0 Å². The maximum Gasteiger partial charge on any atom is 0.315 e. The fourth-order valence-corrected chi connectivity index (χ4v) is 2.90. The lowest BCUT2D eigenvalue weighted by Gasteiger charge is -2.25. The molecule has 0 unspecified atom stereocenters. The molecule has 0 spiro atoms. The number of urea groups is 1. The molecule has 30 heavy (non-hydrogen) atoms. The summed E-state index contributed by atoms with van der Waals surface area (Å²) in [7, 11) is 0. The molecular weight excluding hydrogens is 381 g/mol. The minimum Gasteiger partial charge on any atom is -0.487 e. The molecule has 2 aromatic carbocycles. The molecule has 156 valence electrons. The first-order valence-corrected chi connectivity index (χ1v) is 9.82. The van der Waals surface area contributed by atoms with Crippen molar-refractivity contribution in [2.45, 2.75) is 32.4 Å². The van der Waals surface area contributed by atoms with E-state index in [4.69, 9.17) is 4.74 Å². The highest BCUT2D eigenvalue weighted by Gasteiger charge is 2.21. The highest BCUT2D eigenvalue weighted by atomic mass is 19.1. The van der Waals surface area contributed by atoms with Gasteiger partial charge in [-0.25, -0.2) is 9.18 Å². The van der Waals surface area contributed by atoms with Gasteiger partial charge in [0.2, 0.25) is 0 Å². The van der Waals surface area contributed by atoms with Crippen LogP contribution in [0.2, 0.25) is 0 Å². The van der Waals surface area contributed by atoms with Crippen LogP contribution >= 0.6 is 0 Å². The number of benzene rings is 2. The SMILES string of the molecule is CC(C)(CNC(=O)NCc1ccc(OCc2ccccn2)cc1)c1cccc(F)c1. The number of carbonyl (C=O) groups is 1. The van der Waals surface area contributed by atoms with E-state index in [1.54, 1.807) is 12.3 Å². The summed E-state index contributed by atoms with van der Waals surface area (Å²) in [6, 6.07) is 19.4. The molecule has 1 aromatic heterocycles. The Bertz CT molecular complexity index is 960. The predicted molar refractivity (Wildman–Crippen MR) is 115 cm³/mol. The number of amides is 2. The van der Waals surface area contributed by atoms with E-state index in [0.29, 0.717) is 19.7 Å². The number of hydrogen-bond acceptors (Lipinski definition) is 3. The topological polar surface area (TPSA) is 63.2 Å². The van der Waals surface area contributed by atoms with Gasteiger partial charge in [0.1, 0.15) is 18.2 Å². The van der Waals surface area contributed by atoms with Crippen molar-refractivity contribution in [3.05, 3.63) is 95.6 Å². The van der Waals surface area contributed by atoms with E-state index in [2.05, 4.69) is 15.6 Å². The number of aromatic nitrogens is 1. The van der Waals surface area contributed by atoms with Crippen molar-refractivity contribution in [2.24, 2.45) is 0 Å². The van der Waals surface area contributed by atoms with Gasteiger partial charge in [0, 0.05) is 24.7 Å². The summed E-state index contributed by atoms with van der Waals surface area (Å²) >= 11 is 0. The van der Waals surface area contributed by atoms with Crippen LogP contribution in [0.5, 0.6) is 5.75 Å². The molecule has 3 rings (SSSR count). The highest BCUT2D eigenvalue weighted by molar-refractivity contribution is 5.74. The quantitative estimate of drug-likeness (QED) is 0.575. The van der Waals surface area contributed by atoms with Crippen LogP contribution in [-0.2, 0) is 18.6 Å². The predicted octanol–water partition coefficient (Wildman–Crippen LogP) is 4.58. The Morgan fingerprint density at radius 2 is 1.83 bits per heavy atom. The summed E-state index contributed by atoms with van der Waals surface area (Å²) < 4.78 is 19.2. The Morgan fingerprint density at radius 3 is 2.53 bits per heavy atom. The maximum absolute atomic E-state index is 13.5. The molecule has 2 amide bonds. The lowest BCUT2D eigenvalue weighted by molar-refractivity contribution is 0.238. The Kier molecular flexibility index (Phi) is 7.01. The monoisotopic (exact) mass is 407 g/mol. The summed E-state index contributed by atoms with van der Waals surface area (Å²) in [5.41, 5.74) is 2.27. The standard InChI is InChI=1S/C24H26FN3O2/c1-24(2,19-6-5-7-20(25)14-19)17-28-23(29)27-15-18-9-11-22(12-10-18)30-16-21-8-3-4-13-26-21/h3-14H,15-17H2,1-2H3,(H2,27,28,29). The highest BCUT2D eigenvalue weighted by Crippen LogP contribution is 2.22. The van der Waals surface area contributed by atoms with Crippen LogP contribution in [0.4, 0.5) is 9.18 Å².